The fraction of sp³-hybridized carbons (Fsp3) is 0.576. The molecule has 0 amide bonds. The fourth-order valence-corrected chi connectivity index (χ4v) is 7.03. The maximum atomic E-state index is 5.57. The Morgan fingerprint density at radius 2 is 1.70 bits per heavy atom. The predicted octanol–water partition coefficient (Wildman–Crippen LogP) is 5.20. The zero-order valence-electron chi connectivity index (χ0n) is 24.7. The average Bonchev–Trinajstić information content (AvgIpc) is 3.61. The number of aromatic nitrogens is 2. The number of rotatable bonds is 6. The van der Waals surface area contributed by atoms with Gasteiger partial charge >= 0.3 is 6.01 Å². The molecule has 7 nitrogen and oxygen atoms in total. The highest BCUT2D eigenvalue weighted by molar-refractivity contribution is 5.97. The van der Waals surface area contributed by atoms with Gasteiger partial charge in [0.05, 0.1) is 19.3 Å². The fourth-order valence-electron chi connectivity index (χ4n) is 7.03. The summed E-state index contributed by atoms with van der Waals surface area (Å²) < 4.78 is 5.57. The Balaban J connectivity index is 0.000000429. The number of aryl methyl sites for hydroxylation is 1. The molecule has 0 spiro atoms. The quantitative estimate of drug-likeness (QED) is 0.460. The van der Waals surface area contributed by atoms with Gasteiger partial charge in [0.1, 0.15) is 5.82 Å². The van der Waals surface area contributed by atoms with Crippen molar-refractivity contribution in [3.05, 3.63) is 53.2 Å². The van der Waals surface area contributed by atoms with E-state index in [1.54, 1.807) is 7.11 Å². The number of ether oxygens (including phenoxy) is 1. The lowest BCUT2D eigenvalue weighted by atomic mass is 9.96. The molecule has 4 aliphatic rings. The van der Waals surface area contributed by atoms with E-state index in [-0.39, 0.29) is 0 Å². The molecule has 7 rings (SSSR count). The van der Waals surface area contributed by atoms with E-state index >= 15 is 0 Å². The number of benzene rings is 2. The van der Waals surface area contributed by atoms with E-state index < -0.39 is 0 Å². The molecule has 7 heteroatoms. The Bertz CT molecular complexity index is 1290. The van der Waals surface area contributed by atoms with Crippen LogP contribution in [0.5, 0.6) is 6.01 Å². The molecule has 4 aliphatic heterocycles. The minimum atomic E-state index is 0.489. The largest absolute Gasteiger partial charge is 0.467 e. The van der Waals surface area contributed by atoms with Gasteiger partial charge in [0, 0.05) is 48.4 Å². The van der Waals surface area contributed by atoms with Crippen LogP contribution in [0.25, 0.3) is 10.8 Å². The Labute approximate surface area is 239 Å². The summed E-state index contributed by atoms with van der Waals surface area (Å²) in [5.74, 6) is 1.10. The molecule has 0 aliphatic carbocycles. The Morgan fingerprint density at radius 3 is 2.38 bits per heavy atom. The van der Waals surface area contributed by atoms with Gasteiger partial charge < -0.3 is 24.8 Å². The van der Waals surface area contributed by atoms with Gasteiger partial charge in [-0.15, -0.1) is 0 Å². The maximum Gasteiger partial charge on any atom is 0.318 e. The van der Waals surface area contributed by atoms with Crippen LogP contribution in [0.4, 0.5) is 11.5 Å². The number of likely N-dealkylation sites (tertiary alicyclic amines) is 1. The predicted molar refractivity (Wildman–Crippen MR) is 165 cm³/mol. The second-order valence-corrected chi connectivity index (χ2v) is 12.1. The average molecular weight is 543 g/mol. The van der Waals surface area contributed by atoms with Gasteiger partial charge in [0.15, 0.2) is 0 Å². The van der Waals surface area contributed by atoms with Gasteiger partial charge in [-0.3, -0.25) is 0 Å². The van der Waals surface area contributed by atoms with E-state index in [1.165, 1.54) is 79.2 Å². The smallest absolute Gasteiger partial charge is 0.318 e. The van der Waals surface area contributed by atoms with Gasteiger partial charge in [0.25, 0.3) is 0 Å². The van der Waals surface area contributed by atoms with Crippen LogP contribution in [-0.2, 0) is 19.4 Å². The highest BCUT2D eigenvalue weighted by Gasteiger charge is 2.35. The second-order valence-electron chi connectivity index (χ2n) is 12.1. The number of nitrogens with one attached hydrogen (secondary N) is 1. The molecule has 40 heavy (non-hydrogen) atoms. The summed E-state index contributed by atoms with van der Waals surface area (Å²) in [6.07, 6.45) is 9.87. The highest BCUT2D eigenvalue weighted by atomic mass is 16.5. The molecule has 2 unspecified atom stereocenters. The molecular formula is C33H46N6O. The number of fused-ring (bicyclic) bond motifs is 4. The van der Waals surface area contributed by atoms with Crippen molar-refractivity contribution in [1.29, 1.82) is 0 Å². The number of methoxy groups -OCH3 is 1. The minimum Gasteiger partial charge on any atom is -0.467 e. The molecule has 2 bridgehead atoms. The minimum absolute atomic E-state index is 0.489. The van der Waals surface area contributed by atoms with E-state index in [4.69, 9.17) is 14.7 Å². The molecule has 214 valence electrons. The molecule has 0 saturated carbocycles. The molecule has 5 heterocycles. The van der Waals surface area contributed by atoms with Crippen molar-refractivity contribution < 1.29 is 4.74 Å². The summed E-state index contributed by atoms with van der Waals surface area (Å²) in [6, 6.07) is 15.1. The summed E-state index contributed by atoms with van der Waals surface area (Å²) in [7, 11) is 3.85. The van der Waals surface area contributed by atoms with Crippen molar-refractivity contribution in [2.45, 2.75) is 76.9 Å². The van der Waals surface area contributed by atoms with Crippen molar-refractivity contribution in [1.82, 2.24) is 20.2 Å². The third kappa shape index (κ3) is 5.77. The Morgan fingerprint density at radius 1 is 0.950 bits per heavy atom. The van der Waals surface area contributed by atoms with E-state index in [0.29, 0.717) is 18.1 Å². The van der Waals surface area contributed by atoms with E-state index in [1.807, 2.05) is 0 Å². The van der Waals surface area contributed by atoms with Gasteiger partial charge in [-0.05, 0) is 82.1 Å². The molecule has 3 saturated heterocycles. The summed E-state index contributed by atoms with van der Waals surface area (Å²) in [5.41, 5.74) is 5.21. The standard InChI is InChI=1S/C28H35N5O.C5H11N/c1-3-4-7-19-8-5-9-20-10-6-11-25(26(19)20)32-15-14-23-24(18-32)30-28(34-2)31-27(23)33-16-21-12-13-22(17-33)29-21;1-6-4-2-3-5-6/h5-6,8-11,21-22,29H,3-4,7,12-18H2,1-2H3;2-5H2,1H3. The van der Waals surface area contributed by atoms with Crippen LogP contribution >= 0.6 is 0 Å². The first-order chi connectivity index (χ1) is 19.6. The normalized spacial score (nSPS) is 22.3. The first-order valence-electron chi connectivity index (χ1n) is 15.5. The number of nitrogens with zero attached hydrogens (tertiary/aromatic N) is 5. The lowest BCUT2D eigenvalue weighted by Crippen LogP contribution is -2.52. The molecule has 2 atom stereocenters. The maximum absolute atomic E-state index is 5.57. The zero-order chi connectivity index (χ0) is 27.5. The molecule has 3 aromatic rings. The summed E-state index contributed by atoms with van der Waals surface area (Å²) in [6.45, 7) is 8.73. The van der Waals surface area contributed by atoms with Crippen molar-refractivity contribution in [3.8, 4) is 6.01 Å². The number of hydrogen-bond donors (Lipinski definition) is 1. The van der Waals surface area contributed by atoms with Crippen molar-refractivity contribution in [3.63, 3.8) is 0 Å². The van der Waals surface area contributed by atoms with Crippen LogP contribution in [0.2, 0.25) is 0 Å². The van der Waals surface area contributed by atoms with Gasteiger partial charge in [-0.25, -0.2) is 0 Å². The van der Waals surface area contributed by atoms with Crippen LogP contribution in [0, 0.1) is 0 Å². The molecular weight excluding hydrogens is 496 g/mol. The van der Waals surface area contributed by atoms with Crippen LogP contribution in [0.3, 0.4) is 0 Å². The first kappa shape index (κ1) is 27.3. The van der Waals surface area contributed by atoms with E-state index in [9.17, 15) is 0 Å². The van der Waals surface area contributed by atoms with Crippen LogP contribution < -0.4 is 19.9 Å². The van der Waals surface area contributed by atoms with E-state index in [0.717, 1.165) is 50.5 Å². The summed E-state index contributed by atoms with van der Waals surface area (Å²) in [5, 5.41) is 6.47. The molecule has 1 N–H and O–H groups in total. The summed E-state index contributed by atoms with van der Waals surface area (Å²) >= 11 is 0. The van der Waals surface area contributed by atoms with Gasteiger partial charge in [0.2, 0.25) is 0 Å². The zero-order valence-corrected chi connectivity index (χ0v) is 24.7. The Hall–Kier alpha value is -2.90. The van der Waals surface area contributed by atoms with Gasteiger partial charge in [-0.2, -0.15) is 9.97 Å². The van der Waals surface area contributed by atoms with Crippen molar-refractivity contribution in [2.24, 2.45) is 0 Å². The van der Waals surface area contributed by atoms with Crippen molar-refractivity contribution >= 4 is 22.3 Å². The molecule has 3 fully saturated rings. The monoisotopic (exact) mass is 542 g/mol. The SMILES string of the molecule is CCCCc1cccc2cccc(N3CCc4c(nc(OC)nc4N4CC5CCC(C4)N5)C3)c12.CN1CCCC1. The number of anilines is 2. The second kappa shape index (κ2) is 12.3. The number of hydrogen-bond acceptors (Lipinski definition) is 7. The van der Waals surface area contributed by atoms with Crippen LogP contribution in [-0.4, -0.2) is 73.8 Å². The van der Waals surface area contributed by atoms with E-state index in [2.05, 4.69) is 70.4 Å². The summed E-state index contributed by atoms with van der Waals surface area (Å²) in [4.78, 5) is 17.1. The lowest BCUT2D eigenvalue weighted by molar-refractivity contribution is 0.374. The topological polar surface area (TPSA) is 56.8 Å². The Kier molecular flexibility index (Phi) is 8.40. The third-order valence-corrected chi connectivity index (χ3v) is 9.16. The highest BCUT2D eigenvalue weighted by Crippen LogP contribution is 2.36. The molecule has 2 aromatic carbocycles. The molecule has 0 radical (unpaired) electrons. The molecule has 1 aromatic heterocycles. The number of piperazine rings is 1. The lowest BCUT2D eigenvalue weighted by Gasteiger charge is -2.37. The third-order valence-electron chi connectivity index (χ3n) is 9.16. The van der Waals surface area contributed by atoms with Gasteiger partial charge in [-0.1, -0.05) is 43.7 Å². The first-order valence-corrected chi connectivity index (χ1v) is 15.5. The van der Waals surface area contributed by atoms with Crippen molar-refractivity contribution in [2.75, 3.05) is 56.7 Å². The van der Waals surface area contributed by atoms with Crippen LogP contribution in [0.15, 0.2) is 36.4 Å². The van der Waals surface area contributed by atoms with Crippen LogP contribution in [0.1, 0.15) is 62.3 Å². The number of unbranched alkanes of at least 4 members (excludes halogenated alkanes) is 1.